The Morgan fingerprint density at radius 3 is 2.58 bits per heavy atom. The number of halogens is 1. The molecule has 0 aromatic carbocycles. The molecule has 2 N–H and O–H groups in total. The van der Waals surface area contributed by atoms with E-state index in [0.717, 1.165) is 77.8 Å². The predicted octanol–water partition coefficient (Wildman–Crippen LogP) is 2.81. The van der Waals surface area contributed by atoms with Crippen LogP contribution in [0.2, 0.25) is 0 Å². The van der Waals surface area contributed by atoms with Crippen molar-refractivity contribution in [3.63, 3.8) is 0 Å². The highest BCUT2D eigenvalue weighted by Gasteiger charge is 2.36. The first-order valence-corrected chi connectivity index (χ1v) is 9.87. The zero-order valence-electron chi connectivity index (χ0n) is 16.6. The highest BCUT2D eigenvalue weighted by Crippen LogP contribution is 2.43. The van der Waals surface area contributed by atoms with Crippen molar-refractivity contribution in [3.05, 3.63) is 0 Å². The maximum absolute atomic E-state index is 5.80. The van der Waals surface area contributed by atoms with Crippen molar-refractivity contribution >= 4 is 29.9 Å². The smallest absolute Gasteiger partial charge is 0.190 e. The second kappa shape index (κ2) is 14.0. The van der Waals surface area contributed by atoms with E-state index in [1.165, 1.54) is 19.3 Å². The lowest BCUT2D eigenvalue weighted by molar-refractivity contribution is 0.0203. The molecule has 1 saturated heterocycles. The summed E-state index contributed by atoms with van der Waals surface area (Å²) in [7, 11) is 3.62. The minimum Gasteiger partial charge on any atom is -0.385 e. The van der Waals surface area contributed by atoms with Crippen LogP contribution in [0.5, 0.6) is 0 Å². The summed E-state index contributed by atoms with van der Waals surface area (Å²) in [5.41, 5.74) is 0.403. The molecule has 1 aliphatic carbocycles. The van der Waals surface area contributed by atoms with Crippen molar-refractivity contribution in [2.45, 2.75) is 44.9 Å². The molecule has 154 valence electrons. The fourth-order valence-electron chi connectivity index (χ4n) is 3.55. The molecule has 0 atom stereocenters. The van der Waals surface area contributed by atoms with Gasteiger partial charge < -0.3 is 24.8 Å². The van der Waals surface area contributed by atoms with Gasteiger partial charge in [0.25, 0.3) is 0 Å². The third-order valence-electron chi connectivity index (χ3n) is 5.56. The number of ether oxygens (including phenoxy) is 3. The van der Waals surface area contributed by atoms with E-state index in [2.05, 4.69) is 15.6 Å². The summed E-state index contributed by atoms with van der Waals surface area (Å²) in [5, 5.41) is 6.88. The molecule has 0 aromatic rings. The van der Waals surface area contributed by atoms with Gasteiger partial charge in [0.05, 0.1) is 0 Å². The number of nitrogens with one attached hydrogen (secondary N) is 2. The first-order chi connectivity index (χ1) is 12.3. The van der Waals surface area contributed by atoms with Crippen LogP contribution in [0.15, 0.2) is 4.99 Å². The van der Waals surface area contributed by atoms with Gasteiger partial charge in [-0.05, 0) is 49.9 Å². The standard InChI is InChI=1S/C19H37N3O3.HI/c1-20-18(22-16-19(7-3-8-19)9-14-23-2)21-10-4-11-25-15-17-5-12-24-13-6-17;/h17H,3-16H2,1-2H3,(H2,20,21,22);1H. The van der Waals surface area contributed by atoms with Crippen molar-refractivity contribution in [3.8, 4) is 0 Å². The molecule has 0 unspecified atom stereocenters. The fraction of sp³-hybridized carbons (Fsp3) is 0.947. The van der Waals surface area contributed by atoms with Crippen molar-refractivity contribution in [2.24, 2.45) is 16.3 Å². The first-order valence-electron chi connectivity index (χ1n) is 9.87. The Morgan fingerprint density at radius 2 is 1.96 bits per heavy atom. The van der Waals surface area contributed by atoms with Gasteiger partial charge in [-0.15, -0.1) is 24.0 Å². The molecule has 1 saturated carbocycles. The largest absolute Gasteiger partial charge is 0.385 e. The molecule has 0 amide bonds. The minimum atomic E-state index is 0. The molecule has 2 rings (SSSR count). The fourth-order valence-corrected chi connectivity index (χ4v) is 3.55. The second-order valence-corrected chi connectivity index (χ2v) is 7.43. The molecular formula is C19H38IN3O3. The third-order valence-corrected chi connectivity index (χ3v) is 5.56. The Labute approximate surface area is 176 Å². The second-order valence-electron chi connectivity index (χ2n) is 7.43. The number of nitrogens with zero attached hydrogens (tertiary/aromatic N) is 1. The number of hydrogen-bond acceptors (Lipinski definition) is 4. The van der Waals surface area contributed by atoms with Gasteiger partial charge in [0, 0.05) is 60.3 Å². The minimum absolute atomic E-state index is 0. The highest BCUT2D eigenvalue weighted by atomic mass is 127. The van der Waals surface area contributed by atoms with Crippen LogP contribution in [0.1, 0.15) is 44.9 Å². The Bertz CT molecular complexity index is 386. The molecule has 0 spiro atoms. The zero-order chi connectivity index (χ0) is 17.8. The molecule has 1 heterocycles. The van der Waals surface area contributed by atoms with Crippen LogP contribution in [0.25, 0.3) is 0 Å². The molecule has 0 radical (unpaired) electrons. The number of aliphatic imine (C=N–C) groups is 1. The predicted molar refractivity (Wildman–Crippen MR) is 117 cm³/mol. The van der Waals surface area contributed by atoms with E-state index in [1.807, 2.05) is 7.05 Å². The van der Waals surface area contributed by atoms with Crippen LogP contribution in [-0.4, -0.2) is 66.2 Å². The molecule has 0 bridgehead atoms. The lowest BCUT2D eigenvalue weighted by Crippen LogP contribution is -2.47. The van der Waals surface area contributed by atoms with Crippen molar-refractivity contribution in [1.29, 1.82) is 0 Å². The first kappa shape index (κ1) is 23.9. The van der Waals surface area contributed by atoms with Gasteiger partial charge in [0.15, 0.2) is 5.96 Å². The van der Waals surface area contributed by atoms with Gasteiger partial charge in [0.2, 0.25) is 0 Å². The van der Waals surface area contributed by atoms with Gasteiger partial charge in [-0.3, -0.25) is 4.99 Å². The van der Waals surface area contributed by atoms with Crippen molar-refractivity contribution in [1.82, 2.24) is 10.6 Å². The Hall–Kier alpha value is -0.120. The quantitative estimate of drug-likeness (QED) is 0.205. The van der Waals surface area contributed by atoms with Gasteiger partial charge in [0.1, 0.15) is 0 Å². The highest BCUT2D eigenvalue weighted by molar-refractivity contribution is 14.0. The maximum atomic E-state index is 5.80. The molecule has 7 heteroatoms. The number of hydrogen-bond donors (Lipinski definition) is 2. The summed E-state index contributed by atoms with van der Waals surface area (Å²) in [6, 6.07) is 0. The van der Waals surface area contributed by atoms with Crippen molar-refractivity contribution in [2.75, 3.05) is 60.3 Å². The summed E-state index contributed by atoms with van der Waals surface area (Å²) >= 11 is 0. The average molecular weight is 483 g/mol. The third kappa shape index (κ3) is 8.71. The molecule has 26 heavy (non-hydrogen) atoms. The summed E-state index contributed by atoms with van der Waals surface area (Å²) in [4.78, 5) is 4.33. The average Bonchev–Trinajstić information content (AvgIpc) is 2.62. The van der Waals surface area contributed by atoms with Crippen LogP contribution in [-0.2, 0) is 14.2 Å². The van der Waals surface area contributed by atoms with E-state index in [0.29, 0.717) is 11.3 Å². The van der Waals surface area contributed by atoms with Crippen LogP contribution in [0.3, 0.4) is 0 Å². The van der Waals surface area contributed by atoms with E-state index < -0.39 is 0 Å². The van der Waals surface area contributed by atoms with Crippen LogP contribution >= 0.6 is 24.0 Å². The number of methoxy groups -OCH3 is 1. The Morgan fingerprint density at radius 1 is 1.19 bits per heavy atom. The van der Waals surface area contributed by atoms with Gasteiger partial charge >= 0.3 is 0 Å². The van der Waals surface area contributed by atoms with Crippen LogP contribution in [0.4, 0.5) is 0 Å². The molecule has 2 fully saturated rings. The summed E-state index contributed by atoms with van der Waals surface area (Å²) in [5.74, 6) is 1.58. The van der Waals surface area contributed by atoms with Gasteiger partial charge in [-0.2, -0.15) is 0 Å². The van der Waals surface area contributed by atoms with E-state index in [-0.39, 0.29) is 24.0 Å². The topological polar surface area (TPSA) is 64.1 Å². The zero-order valence-corrected chi connectivity index (χ0v) is 18.9. The van der Waals surface area contributed by atoms with Crippen molar-refractivity contribution < 1.29 is 14.2 Å². The van der Waals surface area contributed by atoms with E-state index >= 15 is 0 Å². The van der Waals surface area contributed by atoms with E-state index in [4.69, 9.17) is 14.2 Å². The molecule has 6 nitrogen and oxygen atoms in total. The summed E-state index contributed by atoms with van der Waals surface area (Å²) in [6.07, 6.45) is 8.33. The Kier molecular flexibility index (Phi) is 12.8. The molecule has 0 aromatic heterocycles. The lowest BCUT2D eigenvalue weighted by Gasteiger charge is -2.42. The molecule has 2 aliphatic rings. The van der Waals surface area contributed by atoms with E-state index in [9.17, 15) is 0 Å². The van der Waals surface area contributed by atoms with Crippen LogP contribution < -0.4 is 10.6 Å². The molecule has 1 aliphatic heterocycles. The number of guanidine groups is 1. The van der Waals surface area contributed by atoms with E-state index in [1.54, 1.807) is 7.11 Å². The monoisotopic (exact) mass is 483 g/mol. The Balaban J connectivity index is 0.00000338. The lowest BCUT2D eigenvalue weighted by atomic mass is 9.67. The SMILES string of the molecule is CN=C(NCCCOCC1CCOCC1)NCC1(CCOC)CCC1.I. The summed E-state index contributed by atoms with van der Waals surface area (Å²) in [6.45, 7) is 6.18. The van der Waals surface area contributed by atoms with Crippen LogP contribution in [0, 0.1) is 11.3 Å². The maximum Gasteiger partial charge on any atom is 0.190 e. The van der Waals surface area contributed by atoms with Gasteiger partial charge in [-0.1, -0.05) is 6.42 Å². The van der Waals surface area contributed by atoms with Gasteiger partial charge in [-0.25, -0.2) is 0 Å². The molecular weight excluding hydrogens is 445 g/mol. The summed E-state index contributed by atoms with van der Waals surface area (Å²) < 4.78 is 16.4. The number of rotatable bonds is 11. The normalized spacial score (nSPS) is 20.2.